The van der Waals surface area contributed by atoms with Crippen molar-refractivity contribution in [3.05, 3.63) is 59.7 Å². The maximum Gasteiger partial charge on any atom is 0.410 e. The third kappa shape index (κ3) is 6.42. The standard InChI is InChI=1S/C28H33N3O7/c1-28(2,3)38-27(36)31-14-17(15-31)13-29-24(32)12-23(25(33)34)30-26(35)37-16-22-20-10-6-4-8-18(20)19-9-5-7-11-21(19)22/h4-11,17,22-23H,12-16H2,1-3H3,(H,29,32)(H,30,35)(H,33,34). The monoisotopic (exact) mass is 523 g/mol. The molecule has 3 N–H and O–H groups in total. The van der Waals surface area contributed by atoms with Gasteiger partial charge in [-0.15, -0.1) is 0 Å². The number of nitrogens with zero attached hydrogens (tertiary/aromatic N) is 1. The lowest BCUT2D eigenvalue weighted by Gasteiger charge is -2.39. The van der Waals surface area contributed by atoms with Gasteiger partial charge < -0.3 is 30.1 Å². The summed E-state index contributed by atoms with van der Waals surface area (Å²) in [7, 11) is 0. The van der Waals surface area contributed by atoms with Gasteiger partial charge in [-0.05, 0) is 43.0 Å². The van der Waals surface area contributed by atoms with Gasteiger partial charge in [-0.25, -0.2) is 14.4 Å². The van der Waals surface area contributed by atoms with E-state index in [-0.39, 0.29) is 25.0 Å². The first-order chi connectivity index (χ1) is 18.0. The van der Waals surface area contributed by atoms with Crippen LogP contribution in [-0.2, 0) is 19.1 Å². The maximum atomic E-state index is 12.5. The summed E-state index contributed by atoms with van der Waals surface area (Å²) in [5.74, 6) is -1.98. The Morgan fingerprint density at radius 2 is 1.58 bits per heavy atom. The summed E-state index contributed by atoms with van der Waals surface area (Å²) in [6.07, 6.45) is -1.75. The van der Waals surface area contributed by atoms with Gasteiger partial charge >= 0.3 is 18.2 Å². The van der Waals surface area contributed by atoms with Crippen LogP contribution in [0.2, 0.25) is 0 Å². The predicted molar refractivity (Wildman–Crippen MR) is 139 cm³/mol. The van der Waals surface area contributed by atoms with E-state index in [4.69, 9.17) is 9.47 Å². The first-order valence-corrected chi connectivity index (χ1v) is 12.6. The number of fused-ring (bicyclic) bond motifs is 3. The average molecular weight is 524 g/mol. The van der Waals surface area contributed by atoms with Crippen molar-refractivity contribution in [1.82, 2.24) is 15.5 Å². The molecule has 0 aromatic heterocycles. The number of likely N-dealkylation sites (tertiary alicyclic amines) is 1. The molecule has 1 aliphatic carbocycles. The first-order valence-electron chi connectivity index (χ1n) is 12.6. The molecule has 2 aromatic rings. The number of carbonyl (C=O) groups is 4. The normalized spacial score (nSPS) is 15.5. The smallest absolute Gasteiger partial charge is 0.410 e. The van der Waals surface area contributed by atoms with E-state index in [0.29, 0.717) is 13.1 Å². The number of amides is 3. The average Bonchev–Trinajstić information content (AvgIpc) is 3.14. The highest BCUT2D eigenvalue weighted by Gasteiger charge is 2.34. The molecule has 0 bridgehead atoms. The van der Waals surface area contributed by atoms with E-state index in [2.05, 4.69) is 10.6 Å². The summed E-state index contributed by atoms with van der Waals surface area (Å²) in [6, 6.07) is 14.3. The molecule has 1 atom stereocenters. The molecule has 1 fully saturated rings. The van der Waals surface area contributed by atoms with Gasteiger partial charge in [0.05, 0.1) is 6.42 Å². The van der Waals surface area contributed by atoms with Gasteiger partial charge in [0.25, 0.3) is 0 Å². The molecule has 10 heteroatoms. The Hall–Kier alpha value is -4.08. The zero-order valence-corrected chi connectivity index (χ0v) is 21.7. The van der Waals surface area contributed by atoms with Crippen LogP contribution in [0.4, 0.5) is 9.59 Å². The fraction of sp³-hybridized carbons (Fsp3) is 0.429. The molecule has 3 amide bonds. The Balaban J connectivity index is 1.23. The molecule has 2 aliphatic rings. The summed E-state index contributed by atoms with van der Waals surface area (Å²) in [6.45, 7) is 6.57. The van der Waals surface area contributed by atoms with Crippen molar-refractivity contribution in [2.24, 2.45) is 5.92 Å². The summed E-state index contributed by atoms with van der Waals surface area (Å²) >= 11 is 0. The van der Waals surface area contributed by atoms with E-state index < -0.39 is 42.1 Å². The Morgan fingerprint density at radius 3 is 2.13 bits per heavy atom. The highest BCUT2D eigenvalue weighted by Crippen LogP contribution is 2.44. The Kier molecular flexibility index (Phi) is 7.89. The molecule has 1 saturated heterocycles. The van der Waals surface area contributed by atoms with Crippen LogP contribution in [-0.4, -0.2) is 72.0 Å². The van der Waals surface area contributed by atoms with Crippen molar-refractivity contribution in [3.63, 3.8) is 0 Å². The molecule has 0 radical (unpaired) electrons. The number of hydrogen-bond acceptors (Lipinski definition) is 6. The van der Waals surface area contributed by atoms with Crippen LogP contribution in [0.3, 0.4) is 0 Å². The molecule has 0 spiro atoms. The second-order valence-corrected chi connectivity index (χ2v) is 10.6. The van der Waals surface area contributed by atoms with E-state index in [9.17, 15) is 24.3 Å². The maximum absolute atomic E-state index is 12.5. The highest BCUT2D eigenvalue weighted by atomic mass is 16.6. The Morgan fingerprint density at radius 1 is 1.00 bits per heavy atom. The van der Waals surface area contributed by atoms with E-state index in [1.54, 1.807) is 25.7 Å². The zero-order chi connectivity index (χ0) is 27.4. The number of alkyl carbamates (subject to hydrolysis) is 1. The predicted octanol–water partition coefficient (Wildman–Crippen LogP) is 3.35. The van der Waals surface area contributed by atoms with Crippen molar-refractivity contribution in [2.75, 3.05) is 26.2 Å². The number of carbonyl (C=O) groups excluding carboxylic acids is 3. The van der Waals surface area contributed by atoms with Gasteiger partial charge in [-0.2, -0.15) is 0 Å². The van der Waals surface area contributed by atoms with Crippen LogP contribution < -0.4 is 10.6 Å². The second kappa shape index (κ2) is 11.1. The zero-order valence-electron chi connectivity index (χ0n) is 21.7. The fourth-order valence-electron chi connectivity index (χ4n) is 4.67. The van der Waals surface area contributed by atoms with Gasteiger partial charge in [0.1, 0.15) is 18.2 Å². The van der Waals surface area contributed by atoms with E-state index in [0.717, 1.165) is 22.3 Å². The number of ether oxygens (including phenoxy) is 2. The van der Waals surface area contributed by atoms with Crippen LogP contribution in [0.5, 0.6) is 0 Å². The molecule has 2 aromatic carbocycles. The molecule has 38 heavy (non-hydrogen) atoms. The number of hydrogen-bond donors (Lipinski definition) is 3. The fourth-order valence-corrected chi connectivity index (χ4v) is 4.67. The summed E-state index contributed by atoms with van der Waals surface area (Å²) in [5.41, 5.74) is 3.66. The van der Waals surface area contributed by atoms with Crippen molar-refractivity contribution < 1.29 is 33.8 Å². The van der Waals surface area contributed by atoms with Crippen molar-refractivity contribution in [1.29, 1.82) is 0 Å². The number of carboxylic acid groups (broad SMARTS) is 1. The van der Waals surface area contributed by atoms with Gasteiger partial charge in [0, 0.05) is 31.5 Å². The van der Waals surface area contributed by atoms with Crippen LogP contribution in [0, 0.1) is 5.92 Å². The van der Waals surface area contributed by atoms with E-state index in [1.165, 1.54) is 0 Å². The molecular weight excluding hydrogens is 490 g/mol. The van der Waals surface area contributed by atoms with E-state index >= 15 is 0 Å². The lowest BCUT2D eigenvalue weighted by Crippen LogP contribution is -2.55. The molecule has 1 unspecified atom stereocenters. The first kappa shape index (κ1) is 27.0. The van der Waals surface area contributed by atoms with Crippen molar-refractivity contribution >= 4 is 24.1 Å². The quantitative estimate of drug-likeness (QED) is 0.483. The summed E-state index contributed by atoms with van der Waals surface area (Å²) in [4.78, 5) is 50.1. The molecule has 0 saturated carbocycles. The topological polar surface area (TPSA) is 134 Å². The molecule has 1 aliphatic heterocycles. The third-order valence-electron chi connectivity index (χ3n) is 6.52. The van der Waals surface area contributed by atoms with Crippen LogP contribution in [0.1, 0.15) is 44.2 Å². The van der Waals surface area contributed by atoms with Crippen LogP contribution in [0.15, 0.2) is 48.5 Å². The van der Waals surface area contributed by atoms with Gasteiger partial charge in [-0.3, -0.25) is 4.79 Å². The second-order valence-electron chi connectivity index (χ2n) is 10.6. The molecule has 4 rings (SSSR count). The SMILES string of the molecule is CC(C)(C)OC(=O)N1CC(CNC(=O)CC(NC(=O)OCC2c3ccccc3-c3ccccc32)C(=O)O)C1. The lowest BCUT2D eigenvalue weighted by atomic mass is 9.98. The summed E-state index contributed by atoms with van der Waals surface area (Å²) in [5, 5.41) is 14.5. The minimum Gasteiger partial charge on any atom is -0.480 e. The minimum atomic E-state index is -1.44. The lowest BCUT2D eigenvalue weighted by molar-refractivity contribution is -0.141. The van der Waals surface area contributed by atoms with Crippen LogP contribution in [0.25, 0.3) is 11.1 Å². The van der Waals surface area contributed by atoms with Gasteiger partial charge in [-0.1, -0.05) is 48.5 Å². The largest absolute Gasteiger partial charge is 0.480 e. The van der Waals surface area contributed by atoms with Crippen molar-refractivity contribution in [3.8, 4) is 11.1 Å². The minimum absolute atomic E-state index is 0.0359. The van der Waals surface area contributed by atoms with E-state index in [1.807, 2.05) is 48.5 Å². The number of nitrogens with one attached hydrogen (secondary N) is 2. The Labute approximate surface area is 221 Å². The Bertz CT molecular complexity index is 1170. The van der Waals surface area contributed by atoms with Crippen molar-refractivity contribution in [2.45, 2.75) is 44.8 Å². The summed E-state index contributed by atoms with van der Waals surface area (Å²) < 4.78 is 10.7. The molecule has 202 valence electrons. The molecule has 10 nitrogen and oxygen atoms in total. The third-order valence-corrected chi connectivity index (χ3v) is 6.52. The molecule has 1 heterocycles. The number of aliphatic carboxylic acids is 1. The number of rotatable bonds is 8. The highest BCUT2D eigenvalue weighted by molar-refractivity contribution is 5.87. The van der Waals surface area contributed by atoms with Gasteiger partial charge in [0.2, 0.25) is 5.91 Å². The molecular formula is C28H33N3O7. The number of carboxylic acids is 1. The van der Waals surface area contributed by atoms with Crippen LogP contribution >= 0.6 is 0 Å². The number of benzene rings is 2. The van der Waals surface area contributed by atoms with Gasteiger partial charge in [0.15, 0.2) is 0 Å².